The minimum absolute atomic E-state index is 0.00194. The van der Waals surface area contributed by atoms with Gasteiger partial charge in [-0.3, -0.25) is 4.79 Å². The molecule has 0 saturated heterocycles. The van der Waals surface area contributed by atoms with E-state index in [0.717, 1.165) is 33.2 Å². The second kappa shape index (κ2) is 36.9. The second-order valence-corrected chi connectivity index (χ2v) is 9.00. The van der Waals surface area contributed by atoms with Crippen LogP contribution in [0.25, 0.3) is 0 Å². The fraction of sp³-hybridized carbons (Fsp3) is 0.821. The van der Waals surface area contributed by atoms with Crippen LogP contribution in [0.1, 0.15) is 144 Å². The van der Waals surface area contributed by atoms with Gasteiger partial charge in [0.1, 0.15) is 5.78 Å². The molecule has 2 N–H and O–H groups in total. The van der Waals surface area contributed by atoms with Crippen molar-refractivity contribution in [1.29, 1.82) is 0 Å². The van der Waals surface area contributed by atoms with Crippen LogP contribution >= 0.6 is 0 Å². The Balaban J connectivity index is -0.000000429. The van der Waals surface area contributed by atoms with Crippen molar-refractivity contribution in [2.24, 2.45) is 0 Å². The van der Waals surface area contributed by atoms with Crippen molar-refractivity contribution in [2.45, 2.75) is 150 Å². The monoisotopic (exact) mass is 519 g/mol. The summed E-state index contributed by atoms with van der Waals surface area (Å²) >= 11 is 0.750. The third kappa shape index (κ3) is 48.7. The molecule has 0 aliphatic heterocycles. The Kier molecular flexibility index (Phi) is 44.0. The number of aliphatic hydroxyl groups excluding tert-OH is 1. The molecule has 34 heavy (non-hydrogen) atoms. The van der Waals surface area contributed by atoms with E-state index in [9.17, 15) is 9.59 Å². The Labute approximate surface area is 223 Å². The number of carboxylic acids is 1. The molecule has 0 heterocycles. The predicted octanol–water partition coefficient (Wildman–Crippen LogP) is 8.34. The van der Waals surface area contributed by atoms with Gasteiger partial charge in [0, 0.05) is 24.5 Å². The van der Waals surface area contributed by atoms with E-state index in [0.29, 0.717) is 6.42 Å². The number of hydrogen-bond donors (Lipinski definition) is 2. The predicted molar refractivity (Wildman–Crippen MR) is 140 cm³/mol. The van der Waals surface area contributed by atoms with E-state index in [2.05, 4.69) is 13.5 Å². The van der Waals surface area contributed by atoms with Crippen LogP contribution in [0, 0.1) is 6.42 Å². The zero-order valence-corrected chi connectivity index (χ0v) is 24.6. The molecule has 0 rings (SSSR count). The summed E-state index contributed by atoms with van der Waals surface area (Å²) in [7, 11) is 0. The number of hydrogen-bond acceptors (Lipinski definition) is 4. The van der Waals surface area contributed by atoms with Crippen molar-refractivity contribution in [1.82, 2.24) is 0 Å². The molecule has 201 valence electrons. The SMILES string of the molecule is C=C(CC(=O)CCCCCCCCCCCCCCCCC)C(=O)O.CC(C)O.C[CH-]C.[O]=[Ti+]. The molecular weight excluding hydrogens is 464 g/mol. The Morgan fingerprint density at radius 2 is 1.03 bits per heavy atom. The number of Topliss-reactive ketones (excluding diaryl/α,β-unsaturated/α-hetero) is 1. The molecule has 5 nitrogen and oxygen atoms in total. The fourth-order valence-corrected chi connectivity index (χ4v) is 3.10. The molecule has 0 aromatic heterocycles. The molecule has 0 unspecified atom stereocenters. The fourth-order valence-electron chi connectivity index (χ4n) is 3.10. The third-order valence-electron chi connectivity index (χ3n) is 4.77. The Hall–Kier alpha value is -0.646. The number of aliphatic hydroxyl groups is 1. The summed E-state index contributed by atoms with van der Waals surface area (Å²) in [6.07, 6.45) is 21.9. The zero-order valence-electron chi connectivity index (χ0n) is 23.0. The van der Waals surface area contributed by atoms with Gasteiger partial charge in [0.05, 0.1) is 0 Å². The van der Waals surface area contributed by atoms with E-state index < -0.39 is 5.97 Å². The summed E-state index contributed by atoms with van der Waals surface area (Å²) in [5.74, 6) is -1.06. The van der Waals surface area contributed by atoms with E-state index in [4.69, 9.17) is 13.5 Å². The molecule has 0 aliphatic rings. The van der Waals surface area contributed by atoms with Gasteiger partial charge >= 0.3 is 29.7 Å². The first-order chi connectivity index (χ1) is 16.2. The van der Waals surface area contributed by atoms with E-state index in [1.54, 1.807) is 13.8 Å². The molecule has 0 aliphatic carbocycles. The van der Waals surface area contributed by atoms with Crippen LogP contribution in [-0.2, 0) is 33.3 Å². The molecule has 0 aromatic rings. The van der Waals surface area contributed by atoms with Gasteiger partial charge in [-0.05, 0) is 20.3 Å². The number of rotatable bonds is 19. The maximum absolute atomic E-state index is 11.6. The Bertz CT molecular complexity index is 436. The molecule has 6 heteroatoms. The molecular formula is C28H55O5Ti. The van der Waals surface area contributed by atoms with Crippen molar-refractivity contribution >= 4 is 11.8 Å². The standard InChI is InChI=1S/C22H40O3.C3H8O.C3H7.O.Ti/c1-3-4-5-6-7-8-9-10-11-12-13-14-15-16-17-18-21(23)19-20(2)22(24)25;1-3(2)4;1-3-2;;/h2-19H2,1H3,(H,24,25);3-4H,1-2H3;3H,1-2H3;;/q;;-1;;+1. The van der Waals surface area contributed by atoms with Crippen LogP contribution in [0.4, 0.5) is 0 Å². The first-order valence-corrected chi connectivity index (χ1v) is 13.9. The third-order valence-corrected chi connectivity index (χ3v) is 4.77. The van der Waals surface area contributed by atoms with Crippen LogP contribution in [0.3, 0.4) is 0 Å². The first kappa shape index (κ1) is 40.5. The normalized spacial score (nSPS) is 9.68. The summed E-state index contributed by atoms with van der Waals surface area (Å²) in [4.78, 5) is 22.2. The van der Waals surface area contributed by atoms with Gasteiger partial charge in [-0.25, -0.2) is 4.79 Å². The van der Waals surface area contributed by atoms with Crippen LogP contribution in [0.5, 0.6) is 0 Å². The minimum atomic E-state index is -1.06. The molecule has 0 fully saturated rings. The molecule has 0 radical (unpaired) electrons. The van der Waals surface area contributed by atoms with Crippen molar-refractivity contribution in [3.05, 3.63) is 18.6 Å². The van der Waals surface area contributed by atoms with Gasteiger partial charge in [-0.15, -0.1) is 0 Å². The number of ketones is 1. The summed E-state index contributed by atoms with van der Waals surface area (Å²) in [5.41, 5.74) is 0.00552. The molecule has 0 saturated carbocycles. The van der Waals surface area contributed by atoms with Gasteiger partial charge in [-0.2, -0.15) is 13.8 Å². The topological polar surface area (TPSA) is 91.7 Å². The molecule has 0 bridgehead atoms. The average molecular weight is 520 g/mol. The quantitative estimate of drug-likeness (QED) is 0.0774. The van der Waals surface area contributed by atoms with Gasteiger partial charge in [0.15, 0.2) is 0 Å². The van der Waals surface area contributed by atoms with Gasteiger partial charge in [0.2, 0.25) is 0 Å². The van der Waals surface area contributed by atoms with Crippen molar-refractivity contribution in [2.75, 3.05) is 0 Å². The molecule has 0 aromatic carbocycles. The summed E-state index contributed by atoms with van der Waals surface area (Å²) < 4.78 is 8.25. The average Bonchev–Trinajstić information content (AvgIpc) is 2.78. The Morgan fingerprint density at radius 3 is 1.29 bits per heavy atom. The number of carboxylic acid groups (broad SMARTS) is 1. The van der Waals surface area contributed by atoms with Gasteiger partial charge < -0.3 is 16.6 Å². The maximum atomic E-state index is 11.6. The van der Waals surface area contributed by atoms with Crippen LogP contribution in [0.15, 0.2) is 12.2 Å². The summed E-state index contributed by atoms with van der Waals surface area (Å²) in [6, 6.07) is 0. The number of carbonyl (C=O) groups excluding carboxylic acids is 1. The summed E-state index contributed by atoms with van der Waals surface area (Å²) in [6.45, 7) is 13.1. The van der Waals surface area contributed by atoms with Crippen molar-refractivity contribution < 1.29 is 43.5 Å². The first-order valence-electron chi connectivity index (χ1n) is 13.3. The molecule has 0 amide bonds. The number of aliphatic carboxylic acids is 1. The van der Waals surface area contributed by atoms with Gasteiger partial charge in [-0.1, -0.05) is 103 Å². The zero-order chi connectivity index (χ0) is 27.0. The summed E-state index contributed by atoms with van der Waals surface area (Å²) in [5, 5.41) is 16.7. The Morgan fingerprint density at radius 1 is 0.765 bits per heavy atom. The molecule has 0 atom stereocenters. The van der Waals surface area contributed by atoms with E-state index in [1.165, 1.54) is 83.5 Å². The van der Waals surface area contributed by atoms with E-state index in [-0.39, 0.29) is 23.9 Å². The molecule has 0 spiro atoms. The number of unbranched alkanes of at least 4 members (excludes halogenated alkanes) is 14. The van der Waals surface area contributed by atoms with Crippen molar-refractivity contribution in [3.8, 4) is 0 Å². The van der Waals surface area contributed by atoms with Crippen molar-refractivity contribution in [3.63, 3.8) is 0 Å². The van der Waals surface area contributed by atoms with E-state index >= 15 is 0 Å². The van der Waals surface area contributed by atoms with Crippen LogP contribution < -0.4 is 0 Å². The van der Waals surface area contributed by atoms with Crippen LogP contribution in [-0.4, -0.2) is 28.1 Å². The van der Waals surface area contributed by atoms with E-state index in [1.807, 2.05) is 20.3 Å². The second-order valence-electron chi connectivity index (χ2n) is 9.00. The number of carbonyl (C=O) groups is 2. The van der Waals surface area contributed by atoms with Gasteiger partial charge in [0.25, 0.3) is 0 Å². The van der Waals surface area contributed by atoms with Crippen LogP contribution in [0.2, 0.25) is 0 Å².